The van der Waals surface area contributed by atoms with Crippen molar-refractivity contribution in [3.8, 4) is 0 Å². The largest absolute Gasteiger partial charge is 0.338 e. The van der Waals surface area contributed by atoms with Crippen LogP contribution in [0.4, 0.5) is 4.79 Å². The third kappa shape index (κ3) is 5.65. The van der Waals surface area contributed by atoms with Crippen LogP contribution in [0.5, 0.6) is 0 Å². The summed E-state index contributed by atoms with van der Waals surface area (Å²) in [6.07, 6.45) is 4.23. The molecule has 0 rings (SSSR count). The van der Waals surface area contributed by atoms with Crippen LogP contribution in [0.3, 0.4) is 0 Å². The second-order valence-electron chi connectivity index (χ2n) is 4.04. The number of nitrogens with zero attached hydrogens (tertiary/aromatic N) is 1. The van der Waals surface area contributed by atoms with E-state index in [2.05, 4.69) is 33.0 Å². The molecular formula is C12H26N2O. The Morgan fingerprint density at radius 1 is 1.27 bits per heavy atom. The van der Waals surface area contributed by atoms with Crippen LogP contribution in [0, 0.1) is 0 Å². The van der Waals surface area contributed by atoms with Crippen molar-refractivity contribution in [2.75, 3.05) is 13.1 Å². The number of amides is 2. The van der Waals surface area contributed by atoms with Gasteiger partial charge in [0.05, 0.1) is 0 Å². The first kappa shape index (κ1) is 14.3. The maximum atomic E-state index is 11.8. The van der Waals surface area contributed by atoms with Crippen LogP contribution >= 0.6 is 0 Å². The van der Waals surface area contributed by atoms with Gasteiger partial charge in [0.25, 0.3) is 0 Å². The molecule has 3 heteroatoms. The van der Waals surface area contributed by atoms with Crippen LogP contribution in [0.2, 0.25) is 0 Å². The summed E-state index contributed by atoms with van der Waals surface area (Å²) in [6, 6.07) is 0.438. The van der Waals surface area contributed by atoms with Gasteiger partial charge in [0.15, 0.2) is 0 Å². The first-order valence-corrected chi connectivity index (χ1v) is 6.21. The average Bonchev–Trinajstić information content (AvgIpc) is 2.26. The summed E-state index contributed by atoms with van der Waals surface area (Å²) >= 11 is 0. The Bertz CT molecular complexity index is 171. The summed E-state index contributed by atoms with van der Waals surface area (Å²) in [7, 11) is 0. The lowest BCUT2D eigenvalue weighted by Gasteiger charge is -2.28. The second-order valence-corrected chi connectivity index (χ2v) is 4.04. The van der Waals surface area contributed by atoms with Gasteiger partial charge in [-0.15, -0.1) is 0 Å². The molecule has 15 heavy (non-hydrogen) atoms. The van der Waals surface area contributed by atoms with Crippen molar-refractivity contribution in [3.05, 3.63) is 0 Å². The molecule has 0 aliphatic heterocycles. The molecule has 0 saturated heterocycles. The minimum Gasteiger partial charge on any atom is -0.338 e. The van der Waals surface area contributed by atoms with E-state index in [0.29, 0.717) is 6.04 Å². The average molecular weight is 214 g/mol. The van der Waals surface area contributed by atoms with Crippen molar-refractivity contribution >= 4 is 6.03 Å². The molecule has 0 radical (unpaired) electrons. The Kier molecular flexibility index (Phi) is 8.15. The number of rotatable bonds is 7. The molecule has 3 nitrogen and oxygen atoms in total. The van der Waals surface area contributed by atoms with Gasteiger partial charge in [-0.05, 0) is 26.2 Å². The Morgan fingerprint density at radius 3 is 2.40 bits per heavy atom. The predicted octanol–water partition coefficient (Wildman–Crippen LogP) is 3.01. The summed E-state index contributed by atoms with van der Waals surface area (Å²) in [5, 5.41) is 2.94. The Balaban J connectivity index is 4.14. The number of nitrogens with one attached hydrogen (secondary N) is 1. The lowest BCUT2D eigenvalue weighted by molar-refractivity contribution is 0.176. The molecule has 1 N–H and O–H groups in total. The molecule has 0 aliphatic carbocycles. The van der Waals surface area contributed by atoms with E-state index in [1.165, 1.54) is 0 Å². The molecule has 1 unspecified atom stereocenters. The first-order chi connectivity index (χ1) is 7.17. The van der Waals surface area contributed by atoms with Crippen molar-refractivity contribution in [2.24, 2.45) is 0 Å². The van der Waals surface area contributed by atoms with Gasteiger partial charge >= 0.3 is 6.03 Å². The molecule has 2 amide bonds. The molecule has 0 bridgehead atoms. The highest BCUT2D eigenvalue weighted by Gasteiger charge is 2.17. The maximum absolute atomic E-state index is 11.8. The lowest BCUT2D eigenvalue weighted by atomic mass is 10.2. The molecule has 90 valence electrons. The Hall–Kier alpha value is -0.730. The van der Waals surface area contributed by atoms with Crippen LogP contribution in [0.25, 0.3) is 0 Å². The van der Waals surface area contributed by atoms with Crippen molar-refractivity contribution in [3.63, 3.8) is 0 Å². The predicted molar refractivity (Wildman–Crippen MR) is 65.1 cm³/mol. The maximum Gasteiger partial charge on any atom is 0.317 e. The lowest BCUT2D eigenvalue weighted by Crippen LogP contribution is -2.45. The third-order valence-electron chi connectivity index (χ3n) is 2.66. The van der Waals surface area contributed by atoms with Crippen molar-refractivity contribution < 1.29 is 4.79 Å². The van der Waals surface area contributed by atoms with Gasteiger partial charge in [0.1, 0.15) is 0 Å². The number of carbonyl (C=O) groups is 1. The highest BCUT2D eigenvalue weighted by Crippen LogP contribution is 2.06. The van der Waals surface area contributed by atoms with Gasteiger partial charge < -0.3 is 10.2 Å². The van der Waals surface area contributed by atoms with Gasteiger partial charge in [-0.1, -0.05) is 27.2 Å². The summed E-state index contributed by atoms with van der Waals surface area (Å²) in [5.74, 6) is 0. The SMILES string of the molecule is CCCCN(C(=O)NCCC)C(C)CC. The molecule has 1 atom stereocenters. The fourth-order valence-corrected chi connectivity index (χ4v) is 1.40. The summed E-state index contributed by atoms with van der Waals surface area (Å²) in [4.78, 5) is 13.8. The van der Waals surface area contributed by atoms with Crippen LogP contribution < -0.4 is 5.32 Å². The number of urea groups is 1. The van der Waals surface area contributed by atoms with Gasteiger partial charge in [0.2, 0.25) is 0 Å². The van der Waals surface area contributed by atoms with E-state index in [-0.39, 0.29) is 6.03 Å². The topological polar surface area (TPSA) is 32.3 Å². The fraction of sp³-hybridized carbons (Fsp3) is 0.917. The van der Waals surface area contributed by atoms with Crippen LogP contribution in [0.15, 0.2) is 0 Å². The van der Waals surface area contributed by atoms with E-state index in [9.17, 15) is 4.79 Å². The van der Waals surface area contributed by atoms with E-state index in [0.717, 1.165) is 38.8 Å². The molecule has 0 spiro atoms. The van der Waals surface area contributed by atoms with E-state index in [1.807, 2.05) is 4.90 Å². The molecule has 0 heterocycles. The fourth-order valence-electron chi connectivity index (χ4n) is 1.40. The smallest absolute Gasteiger partial charge is 0.317 e. The molecular weight excluding hydrogens is 188 g/mol. The van der Waals surface area contributed by atoms with Crippen LogP contribution in [-0.2, 0) is 0 Å². The van der Waals surface area contributed by atoms with Crippen molar-refractivity contribution in [1.82, 2.24) is 10.2 Å². The monoisotopic (exact) mass is 214 g/mol. The summed E-state index contributed by atoms with van der Waals surface area (Å²) < 4.78 is 0. The minimum absolute atomic E-state index is 0.0969. The van der Waals surface area contributed by atoms with Gasteiger partial charge in [-0.2, -0.15) is 0 Å². The Morgan fingerprint density at radius 2 is 1.93 bits per heavy atom. The van der Waals surface area contributed by atoms with Crippen LogP contribution in [0.1, 0.15) is 53.4 Å². The molecule has 0 aliphatic rings. The number of carbonyl (C=O) groups excluding carboxylic acids is 1. The molecule has 0 aromatic carbocycles. The van der Waals surface area contributed by atoms with E-state index >= 15 is 0 Å². The summed E-state index contributed by atoms with van der Waals surface area (Å²) in [6.45, 7) is 10.1. The minimum atomic E-state index is 0.0969. The number of unbranched alkanes of at least 4 members (excludes halogenated alkanes) is 1. The molecule has 0 saturated carbocycles. The quantitative estimate of drug-likeness (QED) is 0.694. The van der Waals surface area contributed by atoms with Gasteiger partial charge in [-0.25, -0.2) is 4.79 Å². The normalized spacial score (nSPS) is 12.3. The molecule has 0 aromatic heterocycles. The van der Waals surface area contributed by atoms with Crippen molar-refractivity contribution in [1.29, 1.82) is 0 Å². The second kappa shape index (κ2) is 8.57. The number of hydrogen-bond donors (Lipinski definition) is 1. The number of hydrogen-bond acceptors (Lipinski definition) is 1. The highest BCUT2D eigenvalue weighted by atomic mass is 16.2. The third-order valence-corrected chi connectivity index (χ3v) is 2.66. The first-order valence-electron chi connectivity index (χ1n) is 6.21. The van der Waals surface area contributed by atoms with E-state index in [1.54, 1.807) is 0 Å². The molecule has 0 aromatic rings. The Labute approximate surface area is 94.2 Å². The van der Waals surface area contributed by atoms with E-state index in [4.69, 9.17) is 0 Å². The zero-order valence-corrected chi connectivity index (χ0v) is 10.7. The van der Waals surface area contributed by atoms with Gasteiger partial charge in [-0.3, -0.25) is 0 Å². The zero-order chi connectivity index (χ0) is 11.7. The van der Waals surface area contributed by atoms with Gasteiger partial charge in [0, 0.05) is 19.1 Å². The molecule has 0 fully saturated rings. The van der Waals surface area contributed by atoms with Crippen molar-refractivity contribution in [2.45, 2.75) is 59.4 Å². The highest BCUT2D eigenvalue weighted by molar-refractivity contribution is 5.74. The van der Waals surface area contributed by atoms with Crippen LogP contribution in [-0.4, -0.2) is 30.1 Å². The summed E-state index contributed by atoms with van der Waals surface area (Å²) in [5.41, 5.74) is 0. The zero-order valence-electron chi connectivity index (χ0n) is 10.7. The van der Waals surface area contributed by atoms with E-state index < -0.39 is 0 Å². The standard InChI is InChI=1S/C12H26N2O/c1-5-8-10-14(11(4)7-3)12(15)13-9-6-2/h11H,5-10H2,1-4H3,(H,13,15).